The zero-order valence-corrected chi connectivity index (χ0v) is 12.4. The molecule has 1 aromatic rings. The van der Waals surface area contributed by atoms with Crippen LogP contribution >= 0.6 is 15.9 Å². The number of likely N-dealkylation sites (tertiary alicyclic amines) is 1. The Morgan fingerprint density at radius 3 is 2.53 bits per heavy atom. The van der Waals surface area contributed by atoms with Crippen molar-refractivity contribution in [1.82, 2.24) is 4.90 Å². The predicted octanol–water partition coefficient (Wildman–Crippen LogP) is 3.90. The van der Waals surface area contributed by atoms with Crippen LogP contribution in [0.1, 0.15) is 31.7 Å². The third-order valence-electron chi connectivity index (χ3n) is 3.83. The highest BCUT2D eigenvalue weighted by atomic mass is 79.9. The lowest BCUT2D eigenvalue weighted by molar-refractivity contribution is 0.254. The van der Waals surface area contributed by atoms with Gasteiger partial charge in [-0.1, -0.05) is 53.2 Å². The van der Waals surface area contributed by atoms with Crippen molar-refractivity contribution < 1.29 is 0 Å². The van der Waals surface area contributed by atoms with Crippen LogP contribution in [0.25, 0.3) is 0 Å². The molecular formula is C15H22BrN. The van der Waals surface area contributed by atoms with Crippen molar-refractivity contribution in [3.8, 4) is 0 Å². The van der Waals surface area contributed by atoms with Gasteiger partial charge in [0, 0.05) is 30.4 Å². The molecular weight excluding hydrogens is 274 g/mol. The van der Waals surface area contributed by atoms with Gasteiger partial charge in [0.1, 0.15) is 0 Å². The van der Waals surface area contributed by atoms with Crippen LogP contribution in [0.2, 0.25) is 0 Å². The van der Waals surface area contributed by atoms with Crippen molar-refractivity contribution in [1.29, 1.82) is 0 Å². The summed E-state index contributed by atoms with van der Waals surface area (Å²) >= 11 is 3.67. The minimum atomic E-state index is 0.615. The monoisotopic (exact) mass is 295 g/mol. The lowest BCUT2D eigenvalue weighted by Gasteiger charge is -2.26. The van der Waals surface area contributed by atoms with Crippen LogP contribution in [-0.2, 0) is 0 Å². The molecule has 0 bridgehead atoms. The topological polar surface area (TPSA) is 3.24 Å². The molecule has 1 aliphatic rings. The number of alkyl halides is 1. The van der Waals surface area contributed by atoms with Gasteiger partial charge in [0.25, 0.3) is 0 Å². The maximum atomic E-state index is 3.67. The van der Waals surface area contributed by atoms with Crippen molar-refractivity contribution in [2.75, 3.05) is 18.4 Å². The summed E-state index contributed by atoms with van der Waals surface area (Å²) in [5.41, 5.74) is 1.45. The largest absolute Gasteiger partial charge is 0.300 e. The van der Waals surface area contributed by atoms with Gasteiger partial charge in [-0.3, -0.25) is 4.90 Å². The average Bonchev–Trinajstić information content (AvgIpc) is 2.66. The molecule has 1 aliphatic heterocycles. The Morgan fingerprint density at radius 1 is 1.29 bits per heavy atom. The molecule has 94 valence electrons. The van der Waals surface area contributed by atoms with Gasteiger partial charge in [0.2, 0.25) is 0 Å². The second-order valence-corrected chi connectivity index (χ2v) is 6.05. The molecule has 0 aliphatic carbocycles. The quantitative estimate of drug-likeness (QED) is 0.762. The summed E-state index contributed by atoms with van der Waals surface area (Å²) in [5.74, 6) is 1.47. The number of benzene rings is 1. The highest BCUT2D eigenvalue weighted by molar-refractivity contribution is 9.09. The molecule has 2 rings (SSSR count). The molecule has 1 nitrogen and oxygen atoms in total. The van der Waals surface area contributed by atoms with Gasteiger partial charge in [-0.2, -0.15) is 0 Å². The van der Waals surface area contributed by atoms with E-state index in [1.165, 1.54) is 25.1 Å². The van der Waals surface area contributed by atoms with E-state index >= 15 is 0 Å². The molecule has 0 amide bonds. The Bertz CT molecular complexity index is 338. The standard InChI is InChI=1S/C15H22BrN/c1-12-8-13(2)17(10-12)11-15(9-16)14-6-4-3-5-7-14/h3-7,12-13,15H,8-11H2,1-2H3. The number of rotatable bonds is 4. The lowest BCUT2D eigenvalue weighted by Crippen LogP contribution is -2.32. The number of hydrogen-bond acceptors (Lipinski definition) is 1. The van der Waals surface area contributed by atoms with E-state index in [0.29, 0.717) is 5.92 Å². The molecule has 17 heavy (non-hydrogen) atoms. The summed E-state index contributed by atoms with van der Waals surface area (Å²) in [6, 6.07) is 11.6. The Hall–Kier alpha value is -0.340. The molecule has 1 saturated heterocycles. The molecule has 0 radical (unpaired) electrons. The first-order chi connectivity index (χ1) is 8.20. The van der Waals surface area contributed by atoms with E-state index in [-0.39, 0.29) is 0 Å². The second kappa shape index (κ2) is 6.01. The van der Waals surface area contributed by atoms with Gasteiger partial charge in [-0.05, 0) is 24.8 Å². The number of hydrogen-bond donors (Lipinski definition) is 0. The van der Waals surface area contributed by atoms with Crippen molar-refractivity contribution in [2.45, 2.75) is 32.2 Å². The van der Waals surface area contributed by atoms with Crippen molar-refractivity contribution in [3.05, 3.63) is 35.9 Å². The van der Waals surface area contributed by atoms with Crippen LogP contribution in [0, 0.1) is 5.92 Å². The summed E-state index contributed by atoms with van der Waals surface area (Å²) in [6.45, 7) is 7.17. The van der Waals surface area contributed by atoms with Crippen LogP contribution in [0.4, 0.5) is 0 Å². The van der Waals surface area contributed by atoms with E-state index in [0.717, 1.165) is 17.3 Å². The third kappa shape index (κ3) is 3.32. The van der Waals surface area contributed by atoms with Crippen LogP contribution in [0.3, 0.4) is 0 Å². The Morgan fingerprint density at radius 2 is 2.00 bits per heavy atom. The summed E-state index contributed by atoms with van der Waals surface area (Å²) in [5, 5.41) is 1.05. The maximum Gasteiger partial charge on any atom is 0.0112 e. The van der Waals surface area contributed by atoms with Gasteiger partial charge in [-0.15, -0.1) is 0 Å². The Kier molecular flexibility index (Phi) is 4.63. The molecule has 0 N–H and O–H groups in total. The van der Waals surface area contributed by atoms with Gasteiger partial charge in [0.05, 0.1) is 0 Å². The highest BCUT2D eigenvalue weighted by Crippen LogP contribution is 2.27. The van der Waals surface area contributed by atoms with Crippen molar-refractivity contribution in [3.63, 3.8) is 0 Å². The Labute approximate surface area is 113 Å². The van der Waals surface area contributed by atoms with Crippen LogP contribution in [0.5, 0.6) is 0 Å². The Balaban J connectivity index is 2.01. The van der Waals surface area contributed by atoms with E-state index in [1.807, 2.05) is 0 Å². The fourth-order valence-corrected chi connectivity index (χ4v) is 3.47. The van der Waals surface area contributed by atoms with Gasteiger partial charge in [0.15, 0.2) is 0 Å². The zero-order chi connectivity index (χ0) is 12.3. The van der Waals surface area contributed by atoms with Gasteiger partial charge < -0.3 is 0 Å². The maximum absolute atomic E-state index is 3.67. The highest BCUT2D eigenvalue weighted by Gasteiger charge is 2.27. The fraction of sp³-hybridized carbons (Fsp3) is 0.600. The second-order valence-electron chi connectivity index (χ2n) is 5.41. The summed E-state index contributed by atoms with van der Waals surface area (Å²) in [4.78, 5) is 2.64. The molecule has 2 heteroatoms. The molecule has 1 heterocycles. The van der Waals surface area contributed by atoms with Crippen LogP contribution < -0.4 is 0 Å². The summed E-state index contributed by atoms with van der Waals surface area (Å²) < 4.78 is 0. The SMILES string of the molecule is CC1CC(C)N(CC(CBr)c2ccccc2)C1. The van der Waals surface area contributed by atoms with Crippen LogP contribution in [-0.4, -0.2) is 29.4 Å². The molecule has 0 spiro atoms. The smallest absolute Gasteiger partial charge is 0.0112 e. The van der Waals surface area contributed by atoms with E-state index in [4.69, 9.17) is 0 Å². The minimum absolute atomic E-state index is 0.615. The molecule has 1 fully saturated rings. The van der Waals surface area contributed by atoms with Crippen molar-refractivity contribution in [2.24, 2.45) is 5.92 Å². The number of nitrogens with zero attached hydrogens (tertiary/aromatic N) is 1. The van der Waals surface area contributed by atoms with Gasteiger partial charge in [-0.25, -0.2) is 0 Å². The molecule has 3 atom stereocenters. The first kappa shape index (κ1) is 13.1. The first-order valence-corrected chi connectivity index (χ1v) is 7.67. The van der Waals surface area contributed by atoms with E-state index in [9.17, 15) is 0 Å². The summed E-state index contributed by atoms with van der Waals surface area (Å²) in [7, 11) is 0. The van der Waals surface area contributed by atoms with E-state index < -0.39 is 0 Å². The van der Waals surface area contributed by atoms with Crippen molar-refractivity contribution >= 4 is 15.9 Å². The first-order valence-electron chi connectivity index (χ1n) is 6.55. The number of halogens is 1. The van der Waals surface area contributed by atoms with Crippen LogP contribution in [0.15, 0.2) is 30.3 Å². The van der Waals surface area contributed by atoms with E-state index in [1.54, 1.807) is 0 Å². The minimum Gasteiger partial charge on any atom is -0.300 e. The lowest BCUT2D eigenvalue weighted by atomic mass is 10.0. The van der Waals surface area contributed by atoms with E-state index in [2.05, 4.69) is 65.0 Å². The molecule has 3 unspecified atom stereocenters. The molecule has 0 saturated carbocycles. The molecule has 1 aromatic carbocycles. The molecule has 0 aromatic heterocycles. The zero-order valence-electron chi connectivity index (χ0n) is 10.8. The third-order valence-corrected chi connectivity index (χ3v) is 4.61. The average molecular weight is 296 g/mol. The fourth-order valence-electron chi connectivity index (χ4n) is 2.89. The summed E-state index contributed by atoms with van der Waals surface area (Å²) in [6.07, 6.45) is 1.35. The normalized spacial score (nSPS) is 27.2. The van der Waals surface area contributed by atoms with Gasteiger partial charge >= 0.3 is 0 Å². The predicted molar refractivity (Wildman–Crippen MR) is 77.8 cm³/mol.